The van der Waals surface area contributed by atoms with E-state index in [2.05, 4.69) is 21.5 Å². The maximum atomic E-state index is 13.0. The first kappa shape index (κ1) is 21.0. The molecule has 1 fully saturated rings. The van der Waals surface area contributed by atoms with E-state index in [0.29, 0.717) is 18.0 Å². The quantitative estimate of drug-likeness (QED) is 0.589. The lowest BCUT2D eigenvalue weighted by Gasteiger charge is -2.27. The highest BCUT2D eigenvalue weighted by Gasteiger charge is 2.27. The van der Waals surface area contributed by atoms with E-state index in [1.165, 1.54) is 19.3 Å². The highest BCUT2D eigenvalue weighted by Crippen LogP contribution is 2.27. The lowest BCUT2D eigenvalue weighted by Crippen LogP contribution is -2.50. The Hall–Kier alpha value is -2.74. The van der Waals surface area contributed by atoms with Crippen molar-refractivity contribution in [1.82, 2.24) is 15.6 Å². The fourth-order valence-corrected chi connectivity index (χ4v) is 4.18. The second-order valence-electron chi connectivity index (χ2n) is 8.05. The molecule has 0 spiro atoms. The summed E-state index contributed by atoms with van der Waals surface area (Å²) in [6.45, 7) is 2.04. The number of hydrogen-bond acceptors (Lipinski definition) is 2. The summed E-state index contributed by atoms with van der Waals surface area (Å²) in [4.78, 5) is 29.0. The minimum Gasteiger partial charge on any atom is -0.351 e. The highest BCUT2D eigenvalue weighted by molar-refractivity contribution is 6.00. The number of terminal acetylenes is 1. The molecule has 1 aliphatic rings. The van der Waals surface area contributed by atoms with Gasteiger partial charge < -0.3 is 15.6 Å². The van der Waals surface area contributed by atoms with E-state index < -0.39 is 6.04 Å². The van der Waals surface area contributed by atoms with Crippen LogP contribution in [0.5, 0.6) is 0 Å². The van der Waals surface area contributed by atoms with Crippen molar-refractivity contribution in [2.24, 2.45) is 5.92 Å². The zero-order valence-corrected chi connectivity index (χ0v) is 17.2. The van der Waals surface area contributed by atoms with Crippen LogP contribution >= 0.6 is 0 Å². The van der Waals surface area contributed by atoms with Crippen molar-refractivity contribution >= 4 is 22.7 Å². The van der Waals surface area contributed by atoms with Crippen LogP contribution in [0.3, 0.4) is 0 Å². The Bertz CT molecular complexity index is 841. The third kappa shape index (κ3) is 5.63. The van der Waals surface area contributed by atoms with Gasteiger partial charge >= 0.3 is 0 Å². The number of para-hydroxylation sites is 1. The molecule has 3 rings (SSSR count). The Morgan fingerprint density at radius 2 is 1.97 bits per heavy atom. The lowest BCUT2D eigenvalue weighted by atomic mass is 9.84. The largest absolute Gasteiger partial charge is 0.351 e. The standard InChI is InChI=1S/C24H31N3O2/c1-3-10-19(4-2)25-23(28)21(15-17-11-6-5-7-12-17)27-24(29)22-16-18-13-8-9-14-20(18)26-22/h2,8-9,13-14,16-17,19,21,26H,3,5-7,10-12,15H2,1H3,(H,25,28)(H,27,29)/t19-,21+/m1/s1. The number of hydrogen-bond donors (Lipinski definition) is 3. The number of amides is 2. The topological polar surface area (TPSA) is 74.0 Å². The maximum absolute atomic E-state index is 13.0. The zero-order valence-electron chi connectivity index (χ0n) is 17.2. The summed E-state index contributed by atoms with van der Waals surface area (Å²) < 4.78 is 0. The van der Waals surface area contributed by atoms with Crippen molar-refractivity contribution in [1.29, 1.82) is 0 Å². The van der Waals surface area contributed by atoms with Gasteiger partial charge in [-0.05, 0) is 30.9 Å². The number of carbonyl (C=O) groups is 2. The minimum absolute atomic E-state index is 0.184. The lowest BCUT2D eigenvalue weighted by molar-refractivity contribution is -0.123. The van der Waals surface area contributed by atoms with Gasteiger partial charge in [-0.1, -0.05) is 69.6 Å². The van der Waals surface area contributed by atoms with E-state index in [9.17, 15) is 9.59 Å². The van der Waals surface area contributed by atoms with E-state index in [0.717, 1.165) is 36.6 Å². The van der Waals surface area contributed by atoms with Crippen LogP contribution < -0.4 is 10.6 Å². The summed E-state index contributed by atoms with van der Waals surface area (Å²) >= 11 is 0. The number of carbonyl (C=O) groups excluding carboxylic acids is 2. The van der Waals surface area contributed by atoms with Crippen LogP contribution in [0, 0.1) is 18.3 Å². The molecule has 154 valence electrons. The number of fused-ring (bicyclic) bond motifs is 1. The number of nitrogens with one attached hydrogen (secondary N) is 3. The molecule has 2 aromatic rings. The molecule has 2 atom stereocenters. The van der Waals surface area contributed by atoms with Gasteiger partial charge in [-0.3, -0.25) is 9.59 Å². The summed E-state index contributed by atoms with van der Waals surface area (Å²) in [5.41, 5.74) is 1.37. The normalized spacial score (nSPS) is 16.7. The smallest absolute Gasteiger partial charge is 0.268 e. The first-order valence-electron chi connectivity index (χ1n) is 10.8. The van der Waals surface area contributed by atoms with Gasteiger partial charge in [0.25, 0.3) is 5.91 Å². The van der Waals surface area contributed by atoms with Gasteiger partial charge in [0.15, 0.2) is 0 Å². The first-order chi connectivity index (χ1) is 14.1. The minimum atomic E-state index is -0.579. The van der Waals surface area contributed by atoms with Crippen LogP contribution in [-0.4, -0.2) is 28.9 Å². The summed E-state index contributed by atoms with van der Waals surface area (Å²) in [6, 6.07) is 8.69. The van der Waals surface area contributed by atoms with Gasteiger partial charge in [0.2, 0.25) is 5.91 Å². The molecule has 3 N–H and O–H groups in total. The van der Waals surface area contributed by atoms with E-state index in [-0.39, 0.29) is 17.9 Å². The third-order valence-electron chi connectivity index (χ3n) is 5.79. The predicted octanol–water partition coefficient (Wildman–Crippen LogP) is 4.15. The Morgan fingerprint density at radius 3 is 2.66 bits per heavy atom. The molecular formula is C24H31N3O2. The Morgan fingerprint density at radius 1 is 1.21 bits per heavy atom. The number of rotatable bonds is 8. The van der Waals surface area contributed by atoms with E-state index >= 15 is 0 Å². The second kappa shape index (κ2) is 10.2. The maximum Gasteiger partial charge on any atom is 0.268 e. The molecule has 1 aliphatic carbocycles. The summed E-state index contributed by atoms with van der Waals surface area (Å²) in [5.74, 6) is 2.66. The molecule has 5 heteroatoms. The van der Waals surface area contributed by atoms with E-state index in [1.54, 1.807) is 0 Å². The molecule has 29 heavy (non-hydrogen) atoms. The fraction of sp³-hybridized carbons (Fsp3) is 0.500. The van der Waals surface area contributed by atoms with Gasteiger partial charge in [0.1, 0.15) is 11.7 Å². The summed E-state index contributed by atoms with van der Waals surface area (Å²) in [5, 5.41) is 6.88. The van der Waals surface area contributed by atoms with E-state index in [4.69, 9.17) is 6.42 Å². The number of H-pyrrole nitrogens is 1. The Kier molecular flexibility index (Phi) is 7.35. The Labute approximate surface area is 173 Å². The predicted molar refractivity (Wildman–Crippen MR) is 116 cm³/mol. The molecule has 0 saturated heterocycles. The van der Waals surface area contributed by atoms with Crippen molar-refractivity contribution in [2.45, 2.75) is 70.4 Å². The van der Waals surface area contributed by atoms with Crippen LogP contribution in [0.15, 0.2) is 30.3 Å². The number of aromatic nitrogens is 1. The average Bonchev–Trinajstić information content (AvgIpc) is 3.18. The van der Waals surface area contributed by atoms with Gasteiger partial charge in [0.05, 0.1) is 6.04 Å². The molecule has 1 aromatic heterocycles. The van der Waals surface area contributed by atoms with Crippen LogP contribution in [-0.2, 0) is 4.79 Å². The Balaban J connectivity index is 1.72. The van der Waals surface area contributed by atoms with Gasteiger partial charge in [-0.25, -0.2) is 0 Å². The number of aromatic amines is 1. The molecule has 2 amide bonds. The van der Waals surface area contributed by atoms with Crippen molar-refractivity contribution < 1.29 is 9.59 Å². The monoisotopic (exact) mass is 393 g/mol. The number of benzene rings is 1. The van der Waals surface area contributed by atoms with Gasteiger partial charge in [-0.2, -0.15) is 0 Å². The molecule has 5 nitrogen and oxygen atoms in total. The average molecular weight is 394 g/mol. The van der Waals surface area contributed by atoms with Gasteiger partial charge in [0, 0.05) is 10.9 Å². The van der Waals surface area contributed by atoms with Gasteiger partial charge in [-0.15, -0.1) is 6.42 Å². The van der Waals surface area contributed by atoms with E-state index in [1.807, 2.05) is 37.3 Å². The molecule has 0 aliphatic heterocycles. The highest BCUT2D eigenvalue weighted by atomic mass is 16.2. The van der Waals surface area contributed by atoms with Crippen molar-refractivity contribution in [3.8, 4) is 12.3 Å². The molecule has 1 saturated carbocycles. The van der Waals surface area contributed by atoms with Crippen LogP contribution in [0.4, 0.5) is 0 Å². The van der Waals surface area contributed by atoms with Crippen LogP contribution in [0.25, 0.3) is 10.9 Å². The van der Waals surface area contributed by atoms with Crippen molar-refractivity contribution in [3.63, 3.8) is 0 Å². The third-order valence-corrected chi connectivity index (χ3v) is 5.79. The molecular weight excluding hydrogens is 362 g/mol. The zero-order chi connectivity index (χ0) is 20.6. The molecule has 0 radical (unpaired) electrons. The molecule has 1 heterocycles. The fourth-order valence-electron chi connectivity index (χ4n) is 4.18. The second-order valence-corrected chi connectivity index (χ2v) is 8.05. The first-order valence-corrected chi connectivity index (χ1v) is 10.8. The molecule has 0 unspecified atom stereocenters. The van der Waals surface area contributed by atoms with Crippen molar-refractivity contribution in [3.05, 3.63) is 36.0 Å². The SMILES string of the molecule is C#C[C@H](CCC)NC(=O)[C@H](CC1CCCCC1)NC(=O)c1cc2ccccc2[nH]1. The van der Waals surface area contributed by atoms with Crippen LogP contribution in [0.2, 0.25) is 0 Å². The molecule has 1 aromatic carbocycles. The summed E-state index contributed by atoms with van der Waals surface area (Å²) in [7, 11) is 0. The molecule has 0 bridgehead atoms. The van der Waals surface area contributed by atoms with Crippen LogP contribution in [0.1, 0.15) is 68.8 Å². The van der Waals surface area contributed by atoms with Crippen molar-refractivity contribution in [2.75, 3.05) is 0 Å². The summed E-state index contributed by atoms with van der Waals surface area (Å²) in [6.07, 6.45) is 13.7.